The van der Waals surface area contributed by atoms with Crippen molar-refractivity contribution in [3.8, 4) is 0 Å². The van der Waals surface area contributed by atoms with Crippen molar-refractivity contribution in [2.45, 2.75) is 0 Å². The Hall–Kier alpha value is -2.17. The van der Waals surface area contributed by atoms with Crippen LogP contribution < -0.4 is 0 Å². The zero-order valence-corrected chi connectivity index (χ0v) is 8.57. The summed E-state index contributed by atoms with van der Waals surface area (Å²) in [5, 5.41) is 7.31. The van der Waals surface area contributed by atoms with Gasteiger partial charge in [-0.3, -0.25) is 0 Å². The Balaban J connectivity index is 2.23. The molecule has 0 radical (unpaired) electrons. The van der Waals surface area contributed by atoms with Gasteiger partial charge in [-0.1, -0.05) is 0 Å². The van der Waals surface area contributed by atoms with Gasteiger partial charge < -0.3 is 0 Å². The summed E-state index contributed by atoms with van der Waals surface area (Å²) in [4.78, 5) is 0. The van der Waals surface area contributed by atoms with Crippen molar-refractivity contribution in [1.29, 1.82) is 0 Å². The first-order chi connectivity index (χ1) is 8.15. The van der Waals surface area contributed by atoms with Crippen LogP contribution in [-0.4, -0.2) is 0 Å². The smallest absolute Gasteiger partial charge is 0.153 e. The minimum atomic E-state index is -0.795. The van der Waals surface area contributed by atoms with Crippen molar-refractivity contribution in [3.05, 3.63) is 59.9 Å². The van der Waals surface area contributed by atoms with Crippen LogP contribution in [-0.2, 0) is 0 Å². The van der Waals surface area contributed by atoms with Crippen molar-refractivity contribution >= 4 is 11.4 Å². The SMILES string of the molecule is Fc1ccc(/N=N/c2ccc(F)cc2F)cc1. The Labute approximate surface area is 95.4 Å². The van der Waals surface area contributed by atoms with Crippen LogP contribution in [0.3, 0.4) is 0 Å². The summed E-state index contributed by atoms with van der Waals surface area (Å²) in [5.74, 6) is -1.86. The molecular weight excluding hydrogens is 229 g/mol. The zero-order chi connectivity index (χ0) is 12.3. The fourth-order valence-electron chi connectivity index (χ4n) is 1.18. The van der Waals surface area contributed by atoms with Gasteiger partial charge >= 0.3 is 0 Å². The van der Waals surface area contributed by atoms with E-state index < -0.39 is 17.5 Å². The van der Waals surface area contributed by atoms with Gasteiger partial charge in [-0.25, -0.2) is 13.2 Å². The van der Waals surface area contributed by atoms with Gasteiger partial charge in [-0.05, 0) is 36.4 Å². The summed E-state index contributed by atoms with van der Waals surface area (Å²) in [6.07, 6.45) is 0. The molecule has 17 heavy (non-hydrogen) atoms. The van der Waals surface area contributed by atoms with Crippen molar-refractivity contribution in [2.24, 2.45) is 10.2 Å². The van der Waals surface area contributed by atoms with Crippen LogP contribution in [0.1, 0.15) is 0 Å². The van der Waals surface area contributed by atoms with E-state index in [4.69, 9.17) is 0 Å². The molecule has 86 valence electrons. The van der Waals surface area contributed by atoms with Gasteiger partial charge in [-0.2, -0.15) is 5.11 Å². The second-order valence-corrected chi connectivity index (χ2v) is 3.27. The third kappa shape index (κ3) is 2.90. The van der Waals surface area contributed by atoms with E-state index in [9.17, 15) is 13.2 Å². The van der Waals surface area contributed by atoms with E-state index in [1.165, 1.54) is 30.3 Å². The quantitative estimate of drug-likeness (QED) is 0.685. The van der Waals surface area contributed by atoms with E-state index in [1.807, 2.05) is 0 Å². The third-order valence-electron chi connectivity index (χ3n) is 2.01. The van der Waals surface area contributed by atoms with Crippen molar-refractivity contribution in [2.75, 3.05) is 0 Å². The average Bonchev–Trinajstić information content (AvgIpc) is 2.30. The molecular formula is C12H7F3N2. The van der Waals surface area contributed by atoms with Gasteiger partial charge in [0.25, 0.3) is 0 Å². The lowest BCUT2D eigenvalue weighted by Gasteiger charge is -1.95. The maximum absolute atomic E-state index is 13.2. The average molecular weight is 236 g/mol. The second kappa shape index (κ2) is 4.78. The molecule has 0 N–H and O–H groups in total. The van der Waals surface area contributed by atoms with Crippen LogP contribution in [0.25, 0.3) is 0 Å². The molecule has 0 saturated carbocycles. The molecule has 0 aliphatic rings. The first-order valence-electron chi connectivity index (χ1n) is 4.77. The standard InChI is InChI=1S/C12H7F3N2/c13-8-1-4-10(5-2-8)16-17-12-6-3-9(14)7-11(12)15/h1-7H/b17-16+. The summed E-state index contributed by atoms with van der Waals surface area (Å²) < 4.78 is 38.3. The highest BCUT2D eigenvalue weighted by atomic mass is 19.1. The summed E-state index contributed by atoms with van der Waals surface area (Å²) in [7, 11) is 0. The molecule has 0 aromatic heterocycles. The Bertz CT molecular complexity index is 550. The van der Waals surface area contributed by atoms with E-state index in [0.717, 1.165) is 12.1 Å². The monoisotopic (exact) mass is 236 g/mol. The normalized spacial score (nSPS) is 11.0. The van der Waals surface area contributed by atoms with Crippen molar-refractivity contribution in [3.63, 3.8) is 0 Å². The third-order valence-corrected chi connectivity index (χ3v) is 2.01. The molecule has 0 heterocycles. The minimum absolute atomic E-state index is 0.0734. The number of hydrogen-bond donors (Lipinski definition) is 0. The molecule has 0 aliphatic carbocycles. The molecule has 0 bridgehead atoms. The number of rotatable bonds is 2. The van der Waals surface area contributed by atoms with Gasteiger partial charge in [0.2, 0.25) is 0 Å². The number of azo groups is 1. The van der Waals surface area contributed by atoms with Gasteiger partial charge in [0.05, 0.1) is 5.69 Å². The van der Waals surface area contributed by atoms with Crippen molar-refractivity contribution < 1.29 is 13.2 Å². The predicted molar refractivity (Wildman–Crippen MR) is 56.9 cm³/mol. The zero-order valence-electron chi connectivity index (χ0n) is 8.57. The Morgan fingerprint density at radius 3 is 2.00 bits per heavy atom. The fraction of sp³-hybridized carbons (Fsp3) is 0. The molecule has 0 fully saturated rings. The fourth-order valence-corrected chi connectivity index (χ4v) is 1.18. The van der Waals surface area contributed by atoms with Crippen LogP contribution in [0.2, 0.25) is 0 Å². The molecule has 2 aromatic rings. The molecule has 5 heteroatoms. The second-order valence-electron chi connectivity index (χ2n) is 3.27. The molecule has 2 nitrogen and oxygen atoms in total. The van der Waals surface area contributed by atoms with Crippen LogP contribution in [0.5, 0.6) is 0 Å². The molecule has 0 saturated heterocycles. The van der Waals surface area contributed by atoms with Crippen molar-refractivity contribution in [1.82, 2.24) is 0 Å². The lowest BCUT2D eigenvalue weighted by molar-refractivity contribution is 0.584. The Kier molecular flexibility index (Phi) is 3.18. The van der Waals surface area contributed by atoms with Gasteiger partial charge in [0.1, 0.15) is 17.3 Å². The summed E-state index contributed by atoms with van der Waals surface area (Å²) in [6.45, 7) is 0. The van der Waals surface area contributed by atoms with E-state index in [2.05, 4.69) is 10.2 Å². The highest BCUT2D eigenvalue weighted by Gasteiger charge is 2.02. The predicted octanol–water partition coefficient (Wildman–Crippen LogP) is 4.52. The van der Waals surface area contributed by atoms with E-state index in [0.29, 0.717) is 5.69 Å². The summed E-state index contributed by atoms with van der Waals surface area (Å²) in [5.41, 5.74) is 0.311. The molecule has 2 aromatic carbocycles. The van der Waals surface area contributed by atoms with E-state index >= 15 is 0 Å². The maximum Gasteiger partial charge on any atom is 0.153 e. The Morgan fingerprint density at radius 2 is 1.35 bits per heavy atom. The summed E-state index contributed by atoms with van der Waals surface area (Å²) >= 11 is 0. The first kappa shape index (κ1) is 11.3. The lowest BCUT2D eigenvalue weighted by atomic mass is 10.3. The molecule has 0 atom stereocenters. The van der Waals surface area contributed by atoms with Crippen LogP contribution in [0, 0.1) is 17.5 Å². The largest absolute Gasteiger partial charge is 0.207 e. The number of halogens is 3. The molecule has 0 unspecified atom stereocenters. The van der Waals surface area contributed by atoms with Crippen LogP contribution in [0.4, 0.5) is 24.5 Å². The minimum Gasteiger partial charge on any atom is -0.207 e. The van der Waals surface area contributed by atoms with Crippen LogP contribution >= 0.6 is 0 Å². The van der Waals surface area contributed by atoms with Crippen LogP contribution in [0.15, 0.2) is 52.7 Å². The highest BCUT2D eigenvalue weighted by molar-refractivity contribution is 5.40. The topological polar surface area (TPSA) is 24.7 Å². The number of nitrogens with zero attached hydrogens (tertiary/aromatic N) is 2. The molecule has 0 spiro atoms. The highest BCUT2D eigenvalue weighted by Crippen LogP contribution is 2.21. The summed E-state index contributed by atoms with van der Waals surface area (Å²) in [6, 6.07) is 8.23. The van der Waals surface area contributed by atoms with Gasteiger partial charge in [0, 0.05) is 6.07 Å². The first-order valence-corrected chi connectivity index (χ1v) is 4.77. The molecule has 0 amide bonds. The maximum atomic E-state index is 13.2. The van der Waals surface area contributed by atoms with Gasteiger partial charge in [0.15, 0.2) is 5.82 Å². The molecule has 2 rings (SSSR count). The number of benzene rings is 2. The van der Waals surface area contributed by atoms with E-state index in [1.54, 1.807) is 0 Å². The lowest BCUT2D eigenvalue weighted by Crippen LogP contribution is -1.78. The molecule has 0 aliphatic heterocycles. The Morgan fingerprint density at radius 1 is 0.706 bits per heavy atom. The number of hydrogen-bond acceptors (Lipinski definition) is 2. The van der Waals surface area contributed by atoms with Gasteiger partial charge in [-0.15, -0.1) is 5.11 Å². The van der Waals surface area contributed by atoms with E-state index in [-0.39, 0.29) is 5.69 Å².